The fourth-order valence-electron chi connectivity index (χ4n) is 3.42. The van der Waals surface area contributed by atoms with Gasteiger partial charge in [0.25, 0.3) is 11.8 Å². The summed E-state index contributed by atoms with van der Waals surface area (Å²) >= 11 is 0. The van der Waals surface area contributed by atoms with Crippen molar-refractivity contribution in [3.05, 3.63) is 0 Å². The van der Waals surface area contributed by atoms with Gasteiger partial charge in [-0.15, -0.1) is 0 Å². The van der Waals surface area contributed by atoms with E-state index >= 15 is 0 Å². The van der Waals surface area contributed by atoms with E-state index in [1.165, 1.54) is 0 Å². The second-order valence-corrected chi connectivity index (χ2v) is 7.70. The van der Waals surface area contributed by atoms with Crippen molar-refractivity contribution in [2.75, 3.05) is 13.2 Å². The van der Waals surface area contributed by atoms with Crippen molar-refractivity contribution in [3.63, 3.8) is 0 Å². The number of hydrogen-bond donors (Lipinski definition) is 2. The van der Waals surface area contributed by atoms with Crippen LogP contribution in [0.3, 0.4) is 0 Å². The van der Waals surface area contributed by atoms with Gasteiger partial charge in [0.1, 0.15) is 12.1 Å². The standard InChI is InChI=1S/C18H29N3O5/c1-11(2)13(4)19-14(22)10-26-15(23)9-21-16(24)18(20-17(21)25)8-6-5-7-12(18)3/h11-13H,5-10H2,1-4H3,(H,19,22)(H,20,25)/t12-,13-,18-/m0/s1. The molecule has 1 heterocycles. The molecule has 2 fully saturated rings. The average molecular weight is 367 g/mol. The van der Waals surface area contributed by atoms with Crippen molar-refractivity contribution >= 4 is 23.8 Å². The maximum Gasteiger partial charge on any atom is 0.326 e. The van der Waals surface area contributed by atoms with Crippen LogP contribution in [-0.4, -0.2) is 53.4 Å². The predicted octanol–water partition coefficient (Wildman–Crippen LogP) is 1.19. The normalized spacial score (nSPS) is 26.8. The number of ether oxygens (including phenoxy) is 1. The Balaban J connectivity index is 1.88. The van der Waals surface area contributed by atoms with Gasteiger partial charge < -0.3 is 15.4 Å². The molecule has 0 aromatic carbocycles. The molecule has 8 nitrogen and oxygen atoms in total. The monoisotopic (exact) mass is 367 g/mol. The molecule has 3 atom stereocenters. The van der Waals surface area contributed by atoms with Crippen LogP contribution in [0.4, 0.5) is 4.79 Å². The Hall–Kier alpha value is -2.12. The van der Waals surface area contributed by atoms with Crippen LogP contribution in [-0.2, 0) is 19.1 Å². The third-order valence-corrected chi connectivity index (χ3v) is 5.54. The van der Waals surface area contributed by atoms with E-state index in [2.05, 4.69) is 10.6 Å². The number of urea groups is 1. The van der Waals surface area contributed by atoms with Crippen LogP contribution in [0.5, 0.6) is 0 Å². The highest BCUT2D eigenvalue weighted by molar-refractivity contribution is 6.09. The molecule has 1 spiro atoms. The summed E-state index contributed by atoms with van der Waals surface area (Å²) in [5.41, 5.74) is -0.903. The molecule has 146 valence electrons. The second kappa shape index (κ2) is 8.05. The fraction of sp³-hybridized carbons (Fsp3) is 0.778. The highest BCUT2D eigenvalue weighted by Crippen LogP contribution is 2.38. The summed E-state index contributed by atoms with van der Waals surface area (Å²) in [6, 6.07) is -0.613. The summed E-state index contributed by atoms with van der Waals surface area (Å²) in [5, 5.41) is 5.50. The lowest BCUT2D eigenvalue weighted by Crippen LogP contribution is -2.54. The summed E-state index contributed by atoms with van der Waals surface area (Å²) in [6.45, 7) is 6.84. The van der Waals surface area contributed by atoms with Gasteiger partial charge in [-0.25, -0.2) is 4.79 Å². The number of carbonyl (C=O) groups is 4. The molecule has 2 aliphatic rings. The van der Waals surface area contributed by atoms with E-state index in [0.717, 1.165) is 24.2 Å². The molecule has 1 saturated carbocycles. The Morgan fingerprint density at radius 3 is 2.62 bits per heavy atom. The van der Waals surface area contributed by atoms with Crippen molar-refractivity contribution in [3.8, 4) is 0 Å². The van der Waals surface area contributed by atoms with Gasteiger partial charge in [0.15, 0.2) is 6.61 Å². The smallest absolute Gasteiger partial charge is 0.326 e. The minimum Gasteiger partial charge on any atom is -0.454 e. The molecule has 0 aromatic heterocycles. The Kier molecular flexibility index (Phi) is 6.26. The Morgan fingerprint density at radius 2 is 2.00 bits per heavy atom. The first-order chi connectivity index (χ1) is 12.2. The first kappa shape index (κ1) is 20.2. The highest BCUT2D eigenvalue weighted by atomic mass is 16.5. The van der Waals surface area contributed by atoms with Gasteiger partial charge in [0.2, 0.25) is 0 Å². The van der Waals surface area contributed by atoms with Crippen LogP contribution in [0.15, 0.2) is 0 Å². The zero-order chi connectivity index (χ0) is 19.5. The zero-order valence-corrected chi connectivity index (χ0v) is 16.0. The van der Waals surface area contributed by atoms with Gasteiger partial charge in [-0.3, -0.25) is 19.3 Å². The van der Waals surface area contributed by atoms with E-state index in [1.807, 2.05) is 27.7 Å². The molecule has 0 radical (unpaired) electrons. The van der Waals surface area contributed by atoms with Crippen LogP contribution in [0.1, 0.15) is 53.4 Å². The summed E-state index contributed by atoms with van der Waals surface area (Å²) in [6.07, 6.45) is 3.33. The van der Waals surface area contributed by atoms with Crippen LogP contribution < -0.4 is 10.6 Å². The number of hydrogen-bond acceptors (Lipinski definition) is 5. The molecular formula is C18H29N3O5. The molecule has 0 aromatic rings. The molecule has 2 N–H and O–H groups in total. The van der Waals surface area contributed by atoms with Gasteiger partial charge in [-0.05, 0) is 31.6 Å². The Bertz CT molecular complexity index is 591. The summed E-state index contributed by atoms with van der Waals surface area (Å²) in [4.78, 5) is 49.6. The van der Waals surface area contributed by atoms with E-state index in [4.69, 9.17) is 4.74 Å². The largest absolute Gasteiger partial charge is 0.454 e. The summed E-state index contributed by atoms with van der Waals surface area (Å²) in [7, 11) is 0. The lowest BCUT2D eigenvalue weighted by atomic mass is 9.73. The molecule has 8 heteroatoms. The maximum absolute atomic E-state index is 12.8. The molecule has 1 aliphatic carbocycles. The number of amides is 4. The van der Waals surface area contributed by atoms with Crippen molar-refractivity contribution in [1.82, 2.24) is 15.5 Å². The van der Waals surface area contributed by atoms with Crippen LogP contribution in [0, 0.1) is 11.8 Å². The van der Waals surface area contributed by atoms with E-state index in [1.54, 1.807) is 0 Å². The van der Waals surface area contributed by atoms with E-state index in [0.29, 0.717) is 6.42 Å². The quantitative estimate of drug-likeness (QED) is 0.542. The molecule has 4 amide bonds. The number of rotatable bonds is 6. The number of nitrogens with one attached hydrogen (secondary N) is 2. The van der Waals surface area contributed by atoms with Gasteiger partial charge in [-0.1, -0.05) is 33.6 Å². The van der Waals surface area contributed by atoms with Gasteiger partial charge in [0.05, 0.1) is 0 Å². The lowest BCUT2D eigenvalue weighted by molar-refractivity contribution is -0.151. The van der Waals surface area contributed by atoms with Crippen molar-refractivity contribution in [1.29, 1.82) is 0 Å². The minimum absolute atomic E-state index is 0.0250. The van der Waals surface area contributed by atoms with Gasteiger partial charge >= 0.3 is 12.0 Å². The minimum atomic E-state index is -0.903. The zero-order valence-electron chi connectivity index (χ0n) is 16.0. The first-order valence-electron chi connectivity index (χ1n) is 9.26. The van der Waals surface area contributed by atoms with E-state index in [-0.39, 0.29) is 23.8 Å². The molecular weight excluding hydrogens is 338 g/mol. The molecule has 1 aliphatic heterocycles. The SMILES string of the molecule is CC(C)[C@H](C)NC(=O)COC(=O)CN1C(=O)N[C@]2(CCCC[C@@H]2C)C1=O. The van der Waals surface area contributed by atoms with Crippen LogP contribution in [0.25, 0.3) is 0 Å². The van der Waals surface area contributed by atoms with Crippen molar-refractivity contribution < 1.29 is 23.9 Å². The Morgan fingerprint density at radius 1 is 1.31 bits per heavy atom. The van der Waals surface area contributed by atoms with Gasteiger partial charge in [-0.2, -0.15) is 0 Å². The second-order valence-electron chi connectivity index (χ2n) is 7.70. The number of nitrogens with zero attached hydrogens (tertiary/aromatic N) is 1. The van der Waals surface area contributed by atoms with Crippen molar-refractivity contribution in [2.24, 2.45) is 11.8 Å². The number of carbonyl (C=O) groups excluding carboxylic acids is 4. The van der Waals surface area contributed by atoms with Crippen molar-refractivity contribution in [2.45, 2.75) is 65.0 Å². The molecule has 1 saturated heterocycles. The summed E-state index contributed by atoms with van der Waals surface area (Å²) < 4.78 is 4.92. The first-order valence-corrected chi connectivity index (χ1v) is 9.26. The average Bonchev–Trinajstić information content (AvgIpc) is 2.81. The lowest BCUT2D eigenvalue weighted by Gasteiger charge is -2.36. The Labute approximate surface area is 154 Å². The topological polar surface area (TPSA) is 105 Å². The van der Waals surface area contributed by atoms with E-state index in [9.17, 15) is 19.2 Å². The van der Waals surface area contributed by atoms with Crippen LogP contribution in [0.2, 0.25) is 0 Å². The maximum atomic E-state index is 12.8. The molecule has 0 bridgehead atoms. The number of imide groups is 1. The highest BCUT2D eigenvalue weighted by Gasteiger charge is 2.55. The predicted molar refractivity (Wildman–Crippen MR) is 94.0 cm³/mol. The molecule has 2 rings (SSSR count). The third kappa shape index (κ3) is 4.16. The molecule has 26 heavy (non-hydrogen) atoms. The van der Waals surface area contributed by atoms with Crippen LogP contribution >= 0.6 is 0 Å². The molecule has 0 unspecified atom stereocenters. The van der Waals surface area contributed by atoms with Gasteiger partial charge in [0, 0.05) is 6.04 Å². The third-order valence-electron chi connectivity index (χ3n) is 5.54. The fourth-order valence-corrected chi connectivity index (χ4v) is 3.42. The summed E-state index contributed by atoms with van der Waals surface area (Å²) in [5.74, 6) is -1.27. The van der Waals surface area contributed by atoms with E-state index < -0.39 is 36.6 Å². The number of esters is 1.